The highest BCUT2D eigenvalue weighted by Gasteiger charge is 2.44. The van der Waals surface area contributed by atoms with Gasteiger partial charge in [-0.25, -0.2) is 0 Å². The number of allylic oxidation sites excluding steroid dienone is 11. The average Bonchev–Trinajstić information content (AvgIpc) is 3.43. The number of hydrogen-bond donors (Lipinski definition) is 6. The van der Waals surface area contributed by atoms with E-state index in [1.165, 1.54) is 205 Å². The minimum absolute atomic E-state index is 0.174. The van der Waals surface area contributed by atoms with Crippen LogP contribution in [0.3, 0.4) is 0 Å². The van der Waals surface area contributed by atoms with E-state index < -0.39 is 49.5 Å². The van der Waals surface area contributed by atoms with Gasteiger partial charge in [-0.05, 0) is 64.2 Å². The van der Waals surface area contributed by atoms with Gasteiger partial charge in [-0.2, -0.15) is 0 Å². The van der Waals surface area contributed by atoms with E-state index in [4.69, 9.17) is 9.47 Å². The molecule has 0 aromatic heterocycles. The molecule has 0 aromatic rings. The second kappa shape index (κ2) is 56.9. The van der Waals surface area contributed by atoms with Crippen LogP contribution < -0.4 is 5.32 Å². The van der Waals surface area contributed by atoms with Gasteiger partial charge in [0.05, 0.1) is 25.4 Å². The van der Waals surface area contributed by atoms with Crippen molar-refractivity contribution in [2.24, 2.45) is 0 Å². The smallest absolute Gasteiger partial charge is 0.220 e. The third kappa shape index (κ3) is 46.0. The van der Waals surface area contributed by atoms with E-state index in [0.717, 1.165) is 70.6 Å². The summed E-state index contributed by atoms with van der Waals surface area (Å²) in [5.74, 6) is -0.174. The highest BCUT2D eigenvalue weighted by atomic mass is 16.7. The lowest BCUT2D eigenvalue weighted by atomic mass is 9.99. The van der Waals surface area contributed by atoms with Gasteiger partial charge >= 0.3 is 0 Å². The van der Waals surface area contributed by atoms with Gasteiger partial charge in [0.1, 0.15) is 24.4 Å². The minimum atomic E-state index is -1.57. The maximum absolute atomic E-state index is 13.1. The van der Waals surface area contributed by atoms with Crippen molar-refractivity contribution in [2.75, 3.05) is 13.2 Å². The normalized spacial score (nSPS) is 19.2. The van der Waals surface area contributed by atoms with E-state index in [0.29, 0.717) is 6.42 Å². The fourth-order valence-corrected chi connectivity index (χ4v) is 10.2. The molecule has 0 radical (unpaired) electrons. The van der Waals surface area contributed by atoms with Crippen molar-refractivity contribution >= 4 is 5.91 Å². The molecule has 1 amide bonds. The molecule has 77 heavy (non-hydrogen) atoms. The molecule has 0 saturated carbocycles. The first-order valence-electron chi connectivity index (χ1n) is 32.7. The standard InChI is InChI=1S/C68H123NO8/c1-3-5-7-9-11-13-15-17-19-21-23-24-25-26-27-28-29-30-31-32-33-34-35-36-37-38-40-42-44-46-48-50-52-54-56-58-64(72)69-61(60-76-68-67(75)66(74)65(73)63(59-70)77-68)62(71)57-55-53-51-49-47-45-43-41-39-22-20-18-16-14-12-10-8-6-4-2/h5,7,11,13,17,19,23-24,26-27,55,57,61-63,65-68,70-71,73-75H,3-4,6,8-10,12,14-16,18,20-22,25,28-54,56,58-60H2,1-2H3,(H,69,72)/b7-5-,13-11-,19-17-,24-23-,27-26-,57-55+. The number of carbonyl (C=O) groups excluding carboxylic acids is 1. The summed E-state index contributed by atoms with van der Waals surface area (Å²) in [7, 11) is 0. The first-order valence-corrected chi connectivity index (χ1v) is 32.7. The van der Waals surface area contributed by atoms with Crippen LogP contribution in [0.4, 0.5) is 0 Å². The molecule has 7 atom stereocenters. The number of aliphatic hydroxyl groups is 5. The Bertz CT molecular complexity index is 1440. The monoisotopic (exact) mass is 1080 g/mol. The number of hydrogen-bond acceptors (Lipinski definition) is 8. The Morgan fingerprint density at radius 3 is 1.19 bits per heavy atom. The molecule has 0 spiro atoms. The van der Waals surface area contributed by atoms with Gasteiger partial charge in [0, 0.05) is 6.42 Å². The summed E-state index contributed by atoms with van der Waals surface area (Å²) in [6.07, 6.45) is 72.7. The SMILES string of the molecule is CC/C=C\C/C=C\C/C=C\C/C=C\C/C=C\CCCCCCCCCCCCCCCCCCCCCC(=O)NC(COC1OC(CO)C(O)C(O)C1O)C(O)/C=C/CCCCCCCCCCCCCCCCCCC. The van der Waals surface area contributed by atoms with E-state index >= 15 is 0 Å². The van der Waals surface area contributed by atoms with Crippen molar-refractivity contribution in [3.63, 3.8) is 0 Å². The predicted octanol–water partition coefficient (Wildman–Crippen LogP) is 17.2. The molecule has 9 nitrogen and oxygen atoms in total. The van der Waals surface area contributed by atoms with E-state index in [-0.39, 0.29) is 12.5 Å². The maximum atomic E-state index is 13.1. The number of ether oxygens (including phenoxy) is 2. The Morgan fingerprint density at radius 2 is 0.805 bits per heavy atom. The van der Waals surface area contributed by atoms with Gasteiger partial charge in [0.15, 0.2) is 6.29 Å². The van der Waals surface area contributed by atoms with Crippen molar-refractivity contribution in [2.45, 2.75) is 339 Å². The zero-order valence-electron chi connectivity index (χ0n) is 50.0. The first kappa shape index (κ1) is 72.6. The summed E-state index contributed by atoms with van der Waals surface area (Å²) in [5, 5.41) is 54.6. The molecule has 0 bridgehead atoms. The highest BCUT2D eigenvalue weighted by molar-refractivity contribution is 5.76. The molecular weight excluding hydrogens is 959 g/mol. The molecule has 1 aliphatic heterocycles. The quantitative estimate of drug-likeness (QED) is 0.0261. The molecule has 1 rings (SSSR count). The number of rotatable bonds is 56. The van der Waals surface area contributed by atoms with Crippen LogP contribution in [-0.4, -0.2) is 87.5 Å². The van der Waals surface area contributed by atoms with Crippen LogP contribution in [0.25, 0.3) is 0 Å². The van der Waals surface area contributed by atoms with Crippen molar-refractivity contribution in [3.05, 3.63) is 72.9 Å². The molecule has 448 valence electrons. The number of carbonyl (C=O) groups is 1. The Kier molecular flexibility index (Phi) is 53.7. The molecule has 1 heterocycles. The van der Waals surface area contributed by atoms with Gasteiger partial charge in [0.25, 0.3) is 0 Å². The molecule has 0 aromatic carbocycles. The number of aliphatic hydroxyl groups excluding tert-OH is 5. The van der Waals surface area contributed by atoms with E-state index in [2.05, 4.69) is 79.9 Å². The zero-order valence-corrected chi connectivity index (χ0v) is 50.0. The maximum Gasteiger partial charge on any atom is 0.220 e. The summed E-state index contributed by atoms with van der Waals surface area (Å²) in [5.41, 5.74) is 0. The minimum Gasteiger partial charge on any atom is -0.394 e. The lowest BCUT2D eigenvalue weighted by Gasteiger charge is -2.40. The van der Waals surface area contributed by atoms with Gasteiger partial charge < -0.3 is 40.3 Å². The molecule has 0 aliphatic carbocycles. The van der Waals surface area contributed by atoms with Gasteiger partial charge in [-0.15, -0.1) is 0 Å². The molecular formula is C68H123NO8. The second-order valence-electron chi connectivity index (χ2n) is 22.5. The van der Waals surface area contributed by atoms with Crippen LogP contribution in [0.5, 0.6) is 0 Å². The first-order chi connectivity index (χ1) is 37.8. The van der Waals surface area contributed by atoms with Gasteiger partial charge in [-0.3, -0.25) is 4.79 Å². The molecule has 9 heteroatoms. The van der Waals surface area contributed by atoms with E-state index in [9.17, 15) is 30.3 Å². The van der Waals surface area contributed by atoms with Crippen LogP contribution in [0, 0.1) is 0 Å². The number of unbranched alkanes of at least 4 members (excludes halogenated alkanes) is 36. The van der Waals surface area contributed by atoms with Crippen LogP contribution in [0.15, 0.2) is 72.9 Å². The van der Waals surface area contributed by atoms with Crippen molar-refractivity contribution < 1.29 is 39.8 Å². The largest absolute Gasteiger partial charge is 0.394 e. The van der Waals surface area contributed by atoms with Crippen molar-refractivity contribution in [3.8, 4) is 0 Å². The van der Waals surface area contributed by atoms with Gasteiger partial charge in [0.2, 0.25) is 5.91 Å². The fourth-order valence-electron chi connectivity index (χ4n) is 10.2. The van der Waals surface area contributed by atoms with Crippen molar-refractivity contribution in [1.29, 1.82) is 0 Å². The third-order valence-corrected chi connectivity index (χ3v) is 15.3. The topological polar surface area (TPSA) is 149 Å². The Labute approximate surface area is 474 Å². The van der Waals surface area contributed by atoms with E-state index in [1.807, 2.05) is 6.08 Å². The highest BCUT2D eigenvalue weighted by Crippen LogP contribution is 2.23. The Morgan fingerprint density at radius 1 is 0.455 bits per heavy atom. The van der Waals surface area contributed by atoms with Crippen LogP contribution in [-0.2, 0) is 14.3 Å². The summed E-state index contributed by atoms with van der Waals surface area (Å²) >= 11 is 0. The zero-order chi connectivity index (χ0) is 55.8. The lowest BCUT2D eigenvalue weighted by Crippen LogP contribution is -2.60. The Balaban J connectivity index is 2.12. The number of amides is 1. The molecule has 7 unspecified atom stereocenters. The average molecular weight is 1080 g/mol. The fraction of sp³-hybridized carbons (Fsp3) is 0.809. The predicted molar refractivity (Wildman–Crippen MR) is 327 cm³/mol. The van der Waals surface area contributed by atoms with Crippen molar-refractivity contribution in [1.82, 2.24) is 5.32 Å². The lowest BCUT2D eigenvalue weighted by molar-refractivity contribution is -0.302. The summed E-state index contributed by atoms with van der Waals surface area (Å²) in [6.45, 7) is 3.69. The Hall–Kier alpha value is -2.37. The van der Waals surface area contributed by atoms with Crippen LogP contribution >= 0.6 is 0 Å². The van der Waals surface area contributed by atoms with Gasteiger partial charge in [-0.1, -0.05) is 299 Å². The van der Waals surface area contributed by atoms with E-state index in [1.54, 1.807) is 6.08 Å². The summed E-state index contributed by atoms with van der Waals surface area (Å²) in [6, 6.07) is -0.807. The molecule has 1 saturated heterocycles. The third-order valence-electron chi connectivity index (χ3n) is 15.3. The molecule has 1 fully saturated rings. The molecule has 6 N–H and O–H groups in total. The summed E-state index contributed by atoms with van der Waals surface area (Å²) < 4.78 is 11.3. The van der Waals surface area contributed by atoms with Crippen LogP contribution in [0.1, 0.15) is 296 Å². The van der Waals surface area contributed by atoms with Crippen LogP contribution in [0.2, 0.25) is 0 Å². The second-order valence-corrected chi connectivity index (χ2v) is 22.5. The number of nitrogens with one attached hydrogen (secondary N) is 1. The summed E-state index contributed by atoms with van der Waals surface area (Å²) in [4.78, 5) is 13.1. The molecule has 1 aliphatic rings.